The van der Waals surface area contributed by atoms with Crippen molar-refractivity contribution in [1.29, 1.82) is 0 Å². The first-order valence-electron chi connectivity index (χ1n) is 9.17. The normalized spacial score (nSPS) is 26.4. The fraction of sp³-hybridized carbons (Fsp3) is 0.350. The molecule has 0 spiro atoms. The first-order valence-corrected chi connectivity index (χ1v) is 9.17. The summed E-state index contributed by atoms with van der Waals surface area (Å²) in [5.74, 6) is 1.22. The minimum absolute atomic E-state index is 0.149. The van der Waals surface area contributed by atoms with Crippen molar-refractivity contribution >= 4 is 0 Å². The van der Waals surface area contributed by atoms with Gasteiger partial charge in [-0.2, -0.15) is 0 Å². The van der Waals surface area contributed by atoms with Crippen LogP contribution in [0, 0.1) is 5.92 Å². The first-order chi connectivity index (χ1) is 13.1. The molecule has 3 atom stereocenters. The van der Waals surface area contributed by atoms with Crippen LogP contribution in [0.4, 0.5) is 0 Å². The summed E-state index contributed by atoms with van der Waals surface area (Å²) in [6.07, 6.45) is 7.55. The maximum absolute atomic E-state index is 10.4. The molecule has 2 N–H and O–H groups in total. The summed E-state index contributed by atoms with van der Waals surface area (Å²) in [6, 6.07) is 9.09. The lowest BCUT2D eigenvalue weighted by atomic mass is 10.0. The monoisotopic (exact) mass is 363 g/mol. The van der Waals surface area contributed by atoms with Crippen molar-refractivity contribution in [3.8, 4) is 28.6 Å². The van der Waals surface area contributed by atoms with E-state index in [0.717, 1.165) is 25.1 Å². The van der Waals surface area contributed by atoms with Gasteiger partial charge in [0, 0.05) is 54.5 Å². The summed E-state index contributed by atoms with van der Waals surface area (Å²) in [5, 5.41) is 22.4. The molecule has 3 heterocycles. The number of aromatic hydroxyl groups is 1. The topological polar surface area (TPSA) is 85.1 Å². The van der Waals surface area contributed by atoms with Crippen molar-refractivity contribution in [2.75, 3.05) is 6.54 Å². The maximum Gasteiger partial charge on any atom is 0.233 e. The molecule has 1 saturated heterocycles. The second-order valence-electron chi connectivity index (χ2n) is 7.69. The van der Waals surface area contributed by atoms with Gasteiger partial charge in [0.2, 0.25) is 5.88 Å². The Morgan fingerprint density at radius 2 is 2.15 bits per heavy atom. The molecule has 5 rings (SSSR count). The van der Waals surface area contributed by atoms with Gasteiger partial charge in [0.25, 0.3) is 0 Å². The van der Waals surface area contributed by atoms with Gasteiger partial charge in [-0.05, 0) is 31.5 Å². The number of hydrogen-bond acceptors (Lipinski definition) is 6. The largest absolute Gasteiger partial charge is 0.507 e. The lowest BCUT2D eigenvalue weighted by Gasteiger charge is -2.27. The highest BCUT2D eigenvalue weighted by Gasteiger charge is 2.48. The van der Waals surface area contributed by atoms with Crippen LogP contribution in [0.1, 0.15) is 19.8 Å². The van der Waals surface area contributed by atoms with Crippen LogP contribution in [0.5, 0.6) is 11.6 Å². The van der Waals surface area contributed by atoms with Gasteiger partial charge in [0.1, 0.15) is 11.9 Å². The lowest BCUT2D eigenvalue weighted by Crippen LogP contribution is -2.43. The number of benzene rings is 1. The number of phenols is 1. The molecule has 0 amide bonds. The van der Waals surface area contributed by atoms with Gasteiger partial charge in [-0.3, -0.25) is 0 Å². The molecule has 1 unspecified atom stereocenters. The Kier molecular flexibility index (Phi) is 3.65. The highest BCUT2D eigenvalue weighted by atomic mass is 16.5. The van der Waals surface area contributed by atoms with Crippen molar-refractivity contribution in [2.45, 2.75) is 31.4 Å². The van der Waals surface area contributed by atoms with Crippen molar-refractivity contribution in [2.24, 2.45) is 5.92 Å². The predicted octanol–water partition coefficient (Wildman–Crippen LogP) is 2.55. The second kappa shape index (κ2) is 6.06. The Hall–Kier alpha value is -2.93. The van der Waals surface area contributed by atoms with Gasteiger partial charge in [0.15, 0.2) is 0 Å². The van der Waals surface area contributed by atoms with Crippen LogP contribution >= 0.6 is 0 Å². The lowest BCUT2D eigenvalue weighted by molar-refractivity contribution is 0.128. The van der Waals surface area contributed by atoms with E-state index in [9.17, 15) is 5.11 Å². The van der Waals surface area contributed by atoms with Gasteiger partial charge in [-0.15, -0.1) is 10.2 Å². The molecule has 1 saturated carbocycles. The molecule has 7 nitrogen and oxygen atoms in total. The molecule has 2 fully saturated rings. The zero-order valence-corrected chi connectivity index (χ0v) is 15.0. The average Bonchev–Trinajstić information content (AvgIpc) is 3.38. The Morgan fingerprint density at radius 1 is 1.22 bits per heavy atom. The first kappa shape index (κ1) is 16.3. The summed E-state index contributed by atoms with van der Waals surface area (Å²) in [7, 11) is 0. The van der Waals surface area contributed by atoms with E-state index in [0.29, 0.717) is 23.1 Å². The maximum atomic E-state index is 10.4. The van der Waals surface area contributed by atoms with Gasteiger partial charge < -0.3 is 19.7 Å². The molecule has 2 bridgehead atoms. The Labute approximate surface area is 157 Å². The molecule has 2 aliphatic rings. The van der Waals surface area contributed by atoms with Crippen molar-refractivity contribution in [1.82, 2.24) is 25.1 Å². The highest BCUT2D eigenvalue weighted by molar-refractivity contribution is 5.68. The fourth-order valence-electron chi connectivity index (χ4n) is 4.26. The number of piperidine rings is 1. The van der Waals surface area contributed by atoms with E-state index in [1.54, 1.807) is 18.6 Å². The van der Waals surface area contributed by atoms with Crippen molar-refractivity contribution < 1.29 is 9.84 Å². The Bertz CT molecular complexity index is 957. The number of nitrogens with zero attached hydrogens (tertiary/aromatic N) is 4. The predicted molar refractivity (Wildman–Crippen MR) is 99.8 cm³/mol. The Balaban J connectivity index is 1.33. The third kappa shape index (κ3) is 2.94. The molecule has 7 heteroatoms. The molecule has 2 aromatic heterocycles. The third-order valence-electron chi connectivity index (χ3n) is 5.65. The van der Waals surface area contributed by atoms with Gasteiger partial charge in [0.05, 0.1) is 17.7 Å². The van der Waals surface area contributed by atoms with Gasteiger partial charge in [-0.25, -0.2) is 4.98 Å². The molecular formula is C20H21N5O2. The minimum atomic E-state index is 0.149. The number of aromatic nitrogens is 4. The SMILES string of the molecule is C[C@@]12CC(CN1)[C@H](Oc1ccc(-c3ccc(-n4ccnc4)cc3O)nn1)C2. The standard InChI is InChI=1S/C20H21N5O2/c1-20-9-13(11-22-20)18(10-20)27-19-5-4-16(23-24-19)15-3-2-14(8-17(15)26)25-7-6-21-12-25/h2-8,12-13,18,22,26H,9-11H2,1H3/t13?,18-,20+/m1/s1. The zero-order valence-electron chi connectivity index (χ0n) is 15.0. The van der Waals surface area contributed by atoms with Crippen LogP contribution in [-0.4, -0.2) is 43.0 Å². The van der Waals surface area contributed by atoms with E-state index in [2.05, 4.69) is 27.4 Å². The van der Waals surface area contributed by atoms with Gasteiger partial charge in [-0.1, -0.05) is 0 Å². The van der Waals surface area contributed by atoms with Crippen molar-refractivity contribution in [3.63, 3.8) is 0 Å². The van der Waals surface area contributed by atoms with Crippen LogP contribution in [0.3, 0.4) is 0 Å². The summed E-state index contributed by atoms with van der Waals surface area (Å²) >= 11 is 0. The van der Waals surface area contributed by atoms with E-state index in [4.69, 9.17) is 4.74 Å². The van der Waals surface area contributed by atoms with Crippen LogP contribution in [0.2, 0.25) is 0 Å². The van der Waals surface area contributed by atoms with Gasteiger partial charge >= 0.3 is 0 Å². The number of ether oxygens (including phenoxy) is 1. The number of hydrogen-bond donors (Lipinski definition) is 2. The molecule has 0 radical (unpaired) electrons. The fourth-order valence-corrected chi connectivity index (χ4v) is 4.26. The molecule has 138 valence electrons. The number of rotatable bonds is 4. The summed E-state index contributed by atoms with van der Waals surface area (Å²) in [4.78, 5) is 4.02. The minimum Gasteiger partial charge on any atom is -0.507 e. The second-order valence-corrected chi connectivity index (χ2v) is 7.69. The third-order valence-corrected chi connectivity index (χ3v) is 5.65. The average molecular weight is 363 g/mol. The number of imidazole rings is 1. The highest BCUT2D eigenvalue weighted by Crippen LogP contribution is 2.41. The van der Waals surface area contributed by atoms with Crippen LogP contribution in [0.25, 0.3) is 16.9 Å². The van der Waals surface area contributed by atoms with E-state index in [1.165, 1.54) is 0 Å². The quantitative estimate of drug-likeness (QED) is 0.741. The smallest absolute Gasteiger partial charge is 0.233 e. The Morgan fingerprint density at radius 3 is 2.78 bits per heavy atom. The molecule has 27 heavy (non-hydrogen) atoms. The van der Waals surface area contributed by atoms with E-state index in [-0.39, 0.29) is 17.4 Å². The molecule has 1 aliphatic heterocycles. The number of nitrogens with one attached hydrogen (secondary N) is 1. The summed E-state index contributed by atoms with van der Waals surface area (Å²) in [6.45, 7) is 3.26. The number of fused-ring (bicyclic) bond motifs is 2. The van der Waals surface area contributed by atoms with Crippen LogP contribution in [0.15, 0.2) is 49.1 Å². The van der Waals surface area contributed by atoms with E-state index in [1.807, 2.05) is 35.0 Å². The molecule has 3 aromatic rings. The molecule has 1 aliphatic carbocycles. The van der Waals surface area contributed by atoms with E-state index < -0.39 is 0 Å². The van der Waals surface area contributed by atoms with E-state index >= 15 is 0 Å². The zero-order chi connectivity index (χ0) is 18.4. The number of phenolic OH excluding ortho intramolecular Hbond substituents is 1. The molecule has 1 aromatic carbocycles. The molecular weight excluding hydrogens is 342 g/mol. The summed E-state index contributed by atoms with van der Waals surface area (Å²) < 4.78 is 7.91. The summed E-state index contributed by atoms with van der Waals surface area (Å²) in [5.41, 5.74) is 2.28. The van der Waals surface area contributed by atoms with Crippen molar-refractivity contribution in [3.05, 3.63) is 49.1 Å². The van der Waals surface area contributed by atoms with Crippen LogP contribution < -0.4 is 10.1 Å². The van der Waals surface area contributed by atoms with Crippen LogP contribution in [-0.2, 0) is 0 Å².